The SMILES string of the molecule is CCC(CC(C)(C)C(=O)O)C(=O)N1CCC(C(=O)OC(C)(C)C)CC1. The van der Waals surface area contributed by atoms with Crippen LogP contribution in [0.4, 0.5) is 0 Å². The van der Waals surface area contributed by atoms with Crippen LogP contribution < -0.4 is 0 Å². The molecule has 1 rings (SSSR count). The van der Waals surface area contributed by atoms with Gasteiger partial charge in [-0.25, -0.2) is 0 Å². The van der Waals surface area contributed by atoms with E-state index in [4.69, 9.17) is 4.74 Å². The van der Waals surface area contributed by atoms with Crippen LogP contribution in [0.25, 0.3) is 0 Å². The molecule has 1 aliphatic rings. The zero-order valence-corrected chi connectivity index (χ0v) is 16.4. The van der Waals surface area contributed by atoms with Crippen LogP contribution in [0, 0.1) is 17.3 Å². The molecule has 0 aromatic rings. The average Bonchev–Trinajstić information content (AvgIpc) is 2.50. The van der Waals surface area contributed by atoms with Gasteiger partial charge in [-0.2, -0.15) is 0 Å². The summed E-state index contributed by atoms with van der Waals surface area (Å²) in [6, 6.07) is 0. The smallest absolute Gasteiger partial charge is 0.309 e. The highest BCUT2D eigenvalue weighted by Crippen LogP contribution is 2.30. The van der Waals surface area contributed by atoms with Crippen molar-refractivity contribution in [3.63, 3.8) is 0 Å². The predicted molar refractivity (Wildman–Crippen MR) is 95.0 cm³/mol. The number of amides is 1. The minimum atomic E-state index is -0.925. The Hall–Kier alpha value is -1.59. The van der Waals surface area contributed by atoms with Crippen LogP contribution in [0.5, 0.6) is 0 Å². The Labute approximate surface area is 150 Å². The van der Waals surface area contributed by atoms with Crippen LogP contribution >= 0.6 is 0 Å². The van der Waals surface area contributed by atoms with Gasteiger partial charge in [0.1, 0.15) is 5.60 Å². The topological polar surface area (TPSA) is 83.9 Å². The van der Waals surface area contributed by atoms with Crippen molar-refractivity contribution < 1.29 is 24.2 Å². The number of likely N-dealkylation sites (tertiary alicyclic amines) is 1. The summed E-state index contributed by atoms with van der Waals surface area (Å²) in [7, 11) is 0. The quantitative estimate of drug-likeness (QED) is 0.740. The standard InChI is InChI=1S/C19H33NO5/c1-7-13(12-19(5,6)17(23)24)15(21)20-10-8-14(9-11-20)16(22)25-18(2,3)4/h13-14H,7-12H2,1-6H3,(H,23,24). The molecule has 6 nitrogen and oxygen atoms in total. The lowest BCUT2D eigenvalue weighted by atomic mass is 9.81. The number of carboxylic acid groups (broad SMARTS) is 1. The molecule has 144 valence electrons. The first-order valence-electron chi connectivity index (χ1n) is 9.12. The van der Waals surface area contributed by atoms with Gasteiger partial charge >= 0.3 is 11.9 Å². The zero-order valence-electron chi connectivity index (χ0n) is 16.4. The van der Waals surface area contributed by atoms with Gasteiger partial charge in [-0.05, 0) is 60.3 Å². The van der Waals surface area contributed by atoms with E-state index in [1.807, 2.05) is 27.7 Å². The van der Waals surface area contributed by atoms with Crippen LogP contribution in [0.2, 0.25) is 0 Å². The molecule has 1 saturated heterocycles. The summed E-state index contributed by atoms with van der Waals surface area (Å²) in [6.45, 7) is 11.8. The monoisotopic (exact) mass is 355 g/mol. The fourth-order valence-corrected chi connectivity index (χ4v) is 3.09. The Morgan fingerprint density at radius 1 is 1.12 bits per heavy atom. The van der Waals surface area contributed by atoms with E-state index in [0.29, 0.717) is 38.8 Å². The number of piperidine rings is 1. The van der Waals surface area contributed by atoms with Gasteiger partial charge in [0.2, 0.25) is 5.91 Å². The number of hydrogen-bond donors (Lipinski definition) is 1. The summed E-state index contributed by atoms with van der Waals surface area (Å²) in [4.78, 5) is 38.0. The number of rotatable bonds is 6. The van der Waals surface area contributed by atoms with Crippen molar-refractivity contribution in [3.8, 4) is 0 Å². The van der Waals surface area contributed by atoms with E-state index in [1.165, 1.54) is 0 Å². The lowest BCUT2D eigenvalue weighted by molar-refractivity contribution is -0.163. The highest BCUT2D eigenvalue weighted by molar-refractivity contribution is 5.81. The summed E-state index contributed by atoms with van der Waals surface area (Å²) >= 11 is 0. The number of hydrogen-bond acceptors (Lipinski definition) is 4. The molecule has 1 N–H and O–H groups in total. The van der Waals surface area contributed by atoms with E-state index in [2.05, 4.69) is 0 Å². The van der Waals surface area contributed by atoms with Crippen molar-refractivity contribution in [2.24, 2.45) is 17.3 Å². The predicted octanol–water partition coefficient (Wildman–Crippen LogP) is 3.09. The molecule has 0 radical (unpaired) electrons. The third kappa shape index (κ3) is 6.33. The molecular formula is C19H33NO5. The third-order valence-electron chi connectivity index (χ3n) is 4.72. The molecule has 6 heteroatoms. The molecule has 1 atom stereocenters. The Bertz CT molecular complexity index is 498. The molecule has 1 heterocycles. The Kier molecular flexibility index (Phi) is 7.03. The van der Waals surface area contributed by atoms with Crippen LogP contribution in [0.15, 0.2) is 0 Å². The number of carboxylic acids is 1. The van der Waals surface area contributed by atoms with Gasteiger partial charge in [-0.15, -0.1) is 0 Å². The number of carbonyl (C=O) groups is 3. The van der Waals surface area contributed by atoms with Crippen molar-refractivity contribution in [1.82, 2.24) is 4.90 Å². The molecule has 1 fully saturated rings. The summed E-state index contributed by atoms with van der Waals surface area (Å²) in [5, 5.41) is 9.29. The summed E-state index contributed by atoms with van der Waals surface area (Å²) < 4.78 is 5.43. The molecule has 0 aromatic heterocycles. The van der Waals surface area contributed by atoms with Crippen molar-refractivity contribution in [2.75, 3.05) is 13.1 Å². The molecule has 0 spiro atoms. The van der Waals surface area contributed by atoms with Gasteiger partial charge in [0, 0.05) is 19.0 Å². The molecular weight excluding hydrogens is 322 g/mol. The molecule has 1 aliphatic heterocycles. The number of esters is 1. The lowest BCUT2D eigenvalue weighted by Gasteiger charge is -2.35. The maximum absolute atomic E-state index is 12.8. The molecule has 0 aliphatic carbocycles. The van der Waals surface area contributed by atoms with Crippen molar-refractivity contribution in [3.05, 3.63) is 0 Å². The number of carbonyl (C=O) groups excluding carboxylic acids is 2. The fourth-order valence-electron chi connectivity index (χ4n) is 3.09. The second-order valence-corrected chi connectivity index (χ2v) is 8.63. The van der Waals surface area contributed by atoms with Crippen molar-refractivity contribution in [1.29, 1.82) is 0 Å². The number of ether oxygens (including phenoxy) is 1. The Morgan fingerprint density at radius 3 is 2.04 bits per heavy atom. The average molecular weight is 355 g/mol. The van der Waals surface area contributed by atoms with Crippen LogP contribution in [-0.4, -0.2) is 46.5 Å². The number of aliphatic carboxylic acids is 1. The highest BCUT2D eigenvalue weighted by atomic mass is 16.6. The second kappa shape index (κ2) is 8.19. The summed E-state index contributed by atoms with van der Waals surface area (Å²) in [5.41, 5.74) is -1.43. The van der Waals surface area contributed by atoms with Crippen LogP contribution in [-0.2, 0) is 19.1 Å². The normalized spacial score (nSPS) is 17.9. The van der Waals surface area contributed by atoms with Gasteiger partial charge in [0.25, 0.3) is 0 Å². The van der Waals surface area contributed by atoms with E-state index in [9.17, 15) is 19.5 Å². The van der Waals surface area contributed by atoms with Crippen molar-refractivity contribution in [2.45, 2.75) is 72.8 Å². The van der Waals surface area contributed by atoms with Gasteiger partial charge in [0.05, 0.1) is 11.3 Å². The largest absolute Gasteiger partial charge is 0.481 e. The van der Waals surface area contributed by atoms with E-state index < -0.39 is 17.0 Å². The molecule has 1 amide bonds. The lowest BCUT2D eigenvalue weighted by Crippen LogP contribution is -2.45. The first-order chi connectivity index (χ1) is 11.4. The van der Waals surface area contributed by atoms with Crippen LogP contribution in [0.1, 0.15) is 67.2 Å². The minimum Gasteiger partial charge on any atom is -0.481 e. The minimum absolute atomic E-state index is 0.000497. The van der Waals surface area contributed by atoms with E-state index in [-0.39, 0.29) is 23.7 Å². The van der Waals surface area contributed by atoms with E-state index in [1.54, 1.807) is 18.7 Å². The van der Waals surface area contributed by atoms with Gasteiger partial charge in [0.15, 0.2) is 0 Å². The van der Waals surface area contributed by atoms with E-state index >= 15 is 0 Å². The number of nitrogens with zero attached hydrogens (tertiary/aromatic N) is 1. The summed E-state index contributed by atoms with van der Waals surface area (Å²) in [5.74, 6) is -1.55. The van der Waals surface area contributed by atoms with Gasteiger partial charge < -0.3 is 14.7 Å². The van der Waals surface area contributed by atoms with Gasteiger partial charge in [-0.1, -0.05) is 6.92 Å². The van der Waals surface area contributed by atoms with Crippen molar-refractivity contribution >= 4 is 17.8 Å². The van der Waals surface area contributed by atoms with E-state index in [0.717, 1.165) is 0 Å². The zero-order chi connectivity index (χ0) is 19.4. The first kappa shape index (κ1) is 21.5. The third-order valence-corrected chi connectivity index (χ3v) is 4.72. The summed E-state index contributed by atoms with van der Waals surface area (Å²) in [6.07, 6.45) is 2.13. The molecule has 0 aromatic carbocycles. The Balaban J connectivity index is 2.62. The molecule has 0 saturated carbocycles. The fraction of sp³-hybridized carbons (Fsp3) is 0.842. The van der Waals surface area contributed by atoms with Gasteiger partial charge in [-0.3, -0.25) is 14.4 Å². The molecule has 25 heavy (non-hydrogen) atoms. The van der Waals surface area contributed by atoms with Crippen LogP contribution in [0.3, 0.4) is 0 Å². The maximum Gasteiger partial charge on any atom is 0.309 e. The second-order valence-electron chi connectivity index (χ2n) is 8.63. The molecule has 0 bridgehead atoms. The highest BCUT2D eigenvalue weighted by Gasteiger charge is 2.36. The Morgan fingerprint density at radius 2 is 1.64 bits per heavy atom. The maximum atomic E-state index is 12.8. The first-order valence-corrected chi connectivity index (χ1v) is 9.12. The molecule has 1 unspecified atom stereocenters.